The van der Waals surface area contributed by atoms with Crippen molar-refractivity contribution in [2.24, 2.45) is 5.73 Å². The quantitative estimate of drug-likeness (QED) is 0.836. The van der Waals surface area contributed by atoms with Gasteiger partial charge in [0.15, 0.2) is 5.65 Å². The summed E-state index contributed by atoms with van der Waals surface area (Å²) in [6.45, 7) is 1.18. The van der Waals surface area contributed by atoms with Crippen LogP contribution < -0.4 is 5.73 Å². The Morgan fingerprint density at radius 2 is 2.29 bits per heavy atom. The van der Waals surface area contributed by atoms with Gasteiger partial charge in [-0.05, 0) is 19.3 Å². The van der Waals surface area contributed by atoms with Crippen LogP contribution in [0.2, 0.25) is 0 Å². The van der Waals surface area contributed by atoms with E-state index in [4.69, 9.17) is 10.5 Å². The van der Waals surface area contributed by atoms with E-state index in [1.807, 2.05) is 4.57 Å². The van der Waals surface area contributed by atoms with Crippen LogP contribution in [0.15, 0.2) is 12.7 Å². The molecule has 1 saturated heterocycles. The van der Waals surface area contributed by atoms with Crippen molar-refractivity contribution < 1.29 is 4.74 Å². The molecular weight excluding hydrogens is 218 g/mol. The molecule has 2 N–H and O–H groups in total. The fraction of sp³-hybridized carbons (Fsp3) is 0.545. The molecule has 1 atom stereocenters. The highest BCUT2D eigenvalue weighted by Gasteiger charge is 2.19. The molecule has 17 heavy (non-hydrogen) atoms. The van der Waals surface area contributed by atoms with Crippen LogP contribution in [0.3, 0.4) is 0 Å². The van der Waals surface area contributed by atoms with Gasteiger partial charge in [-0.2, -0.15) is 0 Å². The fourth-order valence-corrected chi connectivity index (χ4v) is 2.20. The molecule has 1 aliphatic heterocycles. The van der Waals surface area contributed by atoms with Gasteiger partial charge in [0.25, 0.3) is 0 Å². The standard InChI is InChI=1S/C11H15N5O/c12-5-8-10-11(14-6-13-8)16(7-15-10)9-3-1-2-4-17-9/h6-7,9H,1-5,12H2. The number of hydrogen-bond donors (Lipinski definition) is 1. The van der Waals surface area contributed by atoms with Gasteiger partial charge in [0.05, 0.1) is 12.0 Å². The van der Waals surface area contributed by atoms with Gasteiger partial charge in [-0.25, -0.2) is 15.0 Å². The number of nitrogens with zero attached hydrogens (tertiary/aromatic N) is 4. The zero-order chi connectivity index (χ0) is 11.7. The van der Waals surface area contributed by atoms with Crippen LogP contribution >= 0.6 is 0 Å². The number of aromatic nitrogens is 4. The molecule has 2 aromatic rings. The average molecular weight is 233 g/mol. The topological polar surface area (TPSA) is 78.9 Å². The second kappa shape index (κ2) is 4.38. The highest BCUT2D eigenvalue weighted by Crippen LogP contribution is 2.25. The minimum absolute atomic E-state index is 0.0503. The second-order valence-corrected chi connectivity index (χ2v) is 4.17. The van der Waals surface area contributed by atoms with Gasteiger partial charge in [0.1, 0.15) is 18.1 Å². The van der Waals surface area contributed by atoms with E-state index in [0.717, 1.165) is 36.3 Å². The zero-order valence-corrected chi connectivity index (χ0v) is 9.54. The van der Waals surface area contributed by atoms with Gasteiger partial charge in [0.2, 0.25) is 0 Å². The summed E-state index contributed by atoms with van der Waals surface area (Å²) in [7, 11) is 0. The number of ether oxygens (including phenoxy) is 1. The first-order valence-electron chi connectivity index (χ1n) is 5.88. The molecule has 0 saturated carbocycles. The van der Waals surface area contributed by atoms with Crippen LogP contribution in [0.4, 0.5) is 0 Å². The van der Waals surface area contributed by atoms with E-state index in [1.54, 1.807) is 6.33 Å². The highest BCUT2D eigenvalue weighted by atomic mass is 16.5. The third-order valence-corrected chi connectivity index (χ3v) is 3.09. The van der Waals surface area contributed by atoms with E-state index in [-0.39, 0.29) is 6.23 Å². The van der Waals surface area contributed by atoms with Crippen LogP contribution in [0.5, 0.6) is 0 Å². The summed E-state index contributed by atoms with van der Waals surface area (Å²) in [5.74, 6) is 0. The van der Waals surface area contributed by atoms with Crippen LogP contribution in [-0.2, 0) is 11.3 Å². The lowest BCUT2D eigenvalue weighted by molar-refractivity contribution is -0.0298. The molecule has 0 aliphatic carbocycles. The Hall–Kier alpha value is -1.53. The van der Waals surface area contributed by atoms with E-state index >= 15 is 0 Å². The Morgan fingerprint density at radius 1 is 1.35 bits per heavy atom. The van der Waals surface area contributed by atoms with Crippen molar-refractivity contribution in [3.63, 3.8) is 0 Å². The zero-order valence-electron chi connectivity index (χ0n) is 9.54. The monoisotopic (exact) mass is 233 g/mol. The normalized spacial score (nSPS) is 20.9. The Labute approximate surface area is 98.8 Å². The average Bonchev–Trinajstić information content (AvgIpc) is 2.83. The molecule has 0 radical (unpaired) electrons. The number of rotatable bonds is 2. The number of hydrogen-bond acceptors (Lipinski definition) is 5. The molecule has 3 rings (SSSR count). The summed E-state index contributed by atoms with van der Waals surface area (Å²) in [5, 5.41) is 0. The molecule has 3 heterocycles. The predicted molar refractivity (Wildman–Crippen MR) is 62.1 cm³/mol. The summed E-state index contributed by atoms with van der Waals surface area (Å²) >= 11 is 0. The SMILES string of the molecule is NCc1ncnc2c1ncn2C1CCCCO1. The molecule has 2 aromatic heterocycles. The van der Waals surface area contributed by atoms with E-state index in [0.29, 0.717) is 6.54 Å². The van der Waals surface area contributed by atoms with Crippen molar-refractivity contribution in [3.8, 4) is 0 Å². The largest absolute Gasteiger partial charge is 0.358 e. The summed E-state index contributed by atoms with van der Waals surface area (Å²) in [5.41, 5.74) is 8.01. The lowest BCUT2D eigenvalue weighted by Gasteiger charge is -2.23. The third kappa shape index (κ3) is 1.79. The molecule has 6 nitrogen and oxygen atoms in total. The summed E-state index contributed by atoms with van der Waals surface area (Å²) in [6, 6.07) is 0. The van der Waals surface area contributed by atoms with Gasteiger partial charge in [-0.15, -0.1) is 0 Å². The smallest absolute Gasteiger partial charge is 0.165 e. The Morgan fingerprint density at radius 3 is 3.06 bits per heavy atom. The number of fused-ring (bicyclic) bond motifs is 1. The van der Waals surface area contributed by atoms with E-state index in [2.05, 4.69) is 15.0 Å². The fourth-order valence-electron chi connectivity index (χ4n) is 2.20. The molecule has 1 aliphatic rings. The molecule has 0 bridgehead atoms. The van der Waals surface area contributed by atoms with Crippen LogP contribution in [0.25, 0.3) is 11.2 Å². The Balaban J connectivity index is 2.05. The first kappa shape index (κ1) is 10.6. The van der Waals surface area contributed by atoms with E-state index in [9.17, 15) is 0 Å². The van der Waals surface area contributed by atoms with Crippen molar-refractivity contribution >= 4 is 11.2 Å². The summed E-state index contributed by atoms with van der Waals surface area (Å²) in [6.07, 6.45) is 6.67. The highest BCUT2D eigenvalue weighted by molar-refractivity contribution is 5.73. The van der Waals surface area contributed by atoms with Gasteiger partial charge >= 0.3 is 0 Å². The van der Waals surface area contributed by atoms with Crippen molar-refractivity contribution in [1.29, 1.82) is 0 Å². The molecule has 90 valence electrons. The van der Waals surface area contributed by atoms with Crippen molar-refractivity contribution in [2.45, 2.75) is 32.0 Å². The molecule has 6 heteroatoms. The predicted octanol–water partition coefficient (Wildman–Crippen LogP) is 0.984. The first-order valence-corrected chi connectivity index (χ1v) is 5.88. The third-order valence-electron chi connectivity index (χ3n) is 3.09. The number of imidazole rings is 1. The van der Waals surface area contributed by atoms with E-state index < -0.39 is 0 Å². The maximum absolute atomic E-state index is 5.74. The van der Waals surface area contributed by atoms with Crippen LogP contribution in [-0.4, -0.2) is 26.1 Å². The Kier molecular flexibility index (Phi) is 2.74. The Bertz CT molecular complexity index is 518. The molecule has 1 fully saturated rings. The number of nitrogens with two attached hydrogens (primary N) is 1. The molecule has 1 unspecified atom stereocenters. The van der Waals surface area contributed by atoms with E-state index in [1.165, 1.54) is 12.7 Å². The van der Waals surface area contributed by atoms with Crippen LogP contribution in [0, 0.1) is 0 Å². The van der Waals surface area contributed by atoms with Gasteiger partial charge in [-0.3, -0.25) is 4.57 Å². The van der Waals surface area contributed by atoms with Crippen molar-refractivity contribution in [2.75, 3.05) is 6.61 Å². The summed E-state index contributed by atoms with van der Waals surface area (Å²) in [4.78, 5) is 12.8. The van der Waals surface area contributed by atoms with Gasteiger partial charge in [0, 0.05) is 13.2 Å². The van der Waals surface area contributed by atoms with Crippen molar-refractivity contribution in [1.82, 2.24) is 19.5 Å². The van der Waals surface area contributed by atoms with Gasteiger partial charge < -0.3 is 10.5 Å². The minimum Gasteiger partial charge on any atom is -0.358 e. The molecular formula is C11H15N5O. The molecule has 0 amide bonds. The summed E-state index contributed by atoms with van der Waals surface area (Å²) < 4.78 is 7.72. The maximum atomic E-state index is 5.74. The van der Waals surface area contributed by atoms with Gasteiger partial charge in [-0.1, -0.05) is 0 Å². The minimum atomic E-state index is 0.0503. The lowest BCUT2D eigenvalue weighted by Crippen LogP contribution is -2.17. The molecule has 0 aromatic carbocycles. The lowest BCUT2D eigenvalue weighted by atomic mass is 10.2. The second-order valence-electron chi connectivity index (χ2n) is 4.17. The van der Waals surface area contributed by atoms with Crippen LogP contribution in [0.1, 0.15) is 31.2 Å². The first-order chi connectivity index (χ1) is 8.40. The maximum Gasteiger partial charge on any atom is 0.165 e. The molecule has 0 spiro atoms. The van der Waals surface area contributed by atoms with Crippen molar-refractivity contribution in [3.05, 3.63) is 18.3 Å².